The number of hydrogen-bond donors (Lipinski definition) is 0. The molecule has 0 radical (unpaired) electrons. The first-order valence-electron chi connectivity index (χ1n) is 18.7. The molecule has 258 valence electrons. The van der Waals surface area contributed by atoms with Gasteiger partial charge in [0.1, 0.15) is 11.2 Å². The van der Waals surface area contributed by atoms with Gasteiger partial charge in [-0.25, -0.2) is 0 Å². The Kier molecular flexibility index (Phi) is 7.39. The molecule has 55 heavy (non-hydrogen) atoms. The van der Waals surface area contributed by atoms with Gasteiger partial charge in [0.05, 0.1) is 0 Å². The third kappa shape index (κ3) is 5.48. The Morgan fingerprint density at radius 2 is 0.964 bits per heavy atom. The maximum atomic E-state index is 6.17. The molecule has 0 unspecified atom stereocenters. The van der Waals surface area contributed by atoms with E-state index in [-0.39, 0.29) is 0 Å². The van der Waals surface area contributed by atoms with E-state index in [1.54, 1.807) is 0 Å². The number of para-hydroxylation sites is 1. The van der Waals surface area contributed by atoms with E-state index in [1.165, 1.54) is 53.2 Å². The number of fused-ring (bicyclic) bond motifs is 7. The summed E-state index contributed by atoms with van der Waals surface area (Å²) in [5.41, 5.74) is 12.2. The molecule has 0 amide bonds. The Labute approximate surface area is 322 Å². The maximum absolute atomic E-state index is 6.17. The standard InChI is InChI=1S/C52H33NOS/c1-2-11-36-30-38(23-22-34(36)10-1)35-24-27-41(28-25-35)53(42-14-7-12-37(31-42)39-26-29-50-48(33-39)45-16-3-5-20-49(45)54-50)43-15-8-13-40(32-43)44-18-9-19-47-46-17-4-6-21-51(46)55-52(44)47/h1-33H. The summed E-state index contributed by atoms with van der Waals surface area (Å²) < 4.78 is 8.80. The van der Waals surface area contributed by atoms with Gasteiger partial charge < -0.3 is 9.32 Å². The van der Waals surface area contributed by atoms with Gasteiger partial charge in [-0.2, -0.15) is 0 Å². The largest absolute Gasteiger partial charge is 0.456 e. The molecule has 0 spiro atoms. The molecule has 11 aromatic rings. The third-order valence-corrected chi connectivity index (χ3v) is 12.1. The van der Waals surface area contributed by atoms with E-state index < -0.39 is 0 Å². The number of rotatable bonds is 6. The summed E-state index contributed by atoms with van der Waals surface area (Å²) in [4.78, 5) is 2.38. The highest BCUT2D eigenvalue weighted by atomic mass is 32.1. The molecule has 0 fully saturated rings. The summed E-state index contributed by atoms with van der Waals surface area (Å²) in [6, 6.07) is 72.3. The lowest BCUT2D eigenvalue weighted by molar-refractivity contribution is 0.669. The molecule has 0 aliphatic rings. The van der Waals surface area contributed by atoms with Gasteiger partial charge in [-0.15, -0.1) is 11.3 Å². The summed E-state index contributed by atoms with van der Waals surface area (Å²) in [7, 11) is 0. The normalized spacial score (nSPS) is 11.6. The second-order valence-corrected chi connectivity index (χ2v) is 15.2. The summed E-state index contributed by atoms with van der Waals surface area (Å²) in [6.07, 6.45) is 0. The van der Waals surface area contributed by atoms with Gasteiger partial charge in [-0.3, -0.25) is 0 Å². The molecule has 0 aliphatic carbocycles. The molecule has 2 nitrogen and oxygen atoms in total. The van der Waals surface area contributed by atoms with Gasteiger partial charge >= 0.3 is 0 Å². The zero-order valence-electron chi connectivity index (χ0n) is 29.8. The first kappa shape index (κ1) is 31.6. The van der Waals surface area contributed by atoms with Gasteiger partial charge in [0.25, 0.3) is 0 Å². The molecule has 0 aliphatic heterocycles. The first-order valence-corrected chi connectivity index (χ1v) is 19.5. The predicted molar refractivity (Wildman–Crippen MR) is 235 cm³/mol. The van der Waals surface area contributed by atoms with Crippen molar-refractivity contribution >= 4 is 81.3 Å². The van der Waals surface area contributed by atoms with E-state index in [1.807, 2.05) is 23.5 Å². The van der Waals surface area contributed by atoms with Crippen molar-refractivity contribution in [2.45, 2.75) is 0 Å². The molecule has 9 aromatic carbocycles. The Hall–Kier alpha value is -6.94. The van der Waals surface area contributed by atoms with Crippen molar-refractivity contribution < 1.29 is 4.42 Å². The zero-order valence-corrected chi connectivity index (χ0v) is 30.6. The lowest BCUT2D eigenvalue weighted by atomic mass is 9.99. The molecule has 0 atom stereocenters. The van der Waals surface area contributed by atoms with Crippen molar-refractivity contribution in [3.05, 3.63) is 200 Å². The summed E-state index contributed by atoms with van der Waals surface area (Å²) >= 11 is 1.87. The fraction of sp³-hybridized carbons (Fsp3) is 0. The van der Waals surface area contributed by atoms with Crippen LogP contribution in [0.3, 0.4) is 0 Å². The molecule has 3 heteroatoms. The van der Waals surface area contributed by atoms with Gasteiger partial charge in [-0.05, 0) is 111 Å². The molecule has 0 N–H and O–H groups in total. The van der Waals surface area contributed by atoms with Crippen molar-refractivity contribution in [2.75, 3.05) is 4.90 Å². The van der Waals surface area contributed by atoms with Crippen LogP contribution in [0.1, 0.15) is 0 Å². The van der Waals surface area contributed by atoms with Crippen molar-refractivity contribution in [1.82, 2.24) is 0 Å². The number of benzene rings is 9. The van der Waals surface area contributed by atoms with Crippen LogP contribution in [0.2, 0.25) is 0 Å². The Bertz CT molecular complexity index is 3220. The molecule has 0 saturated heterocycles. The van der Waals surface area contributed by atoms with Crippen LogP contribution in [0.15, 0.2) is 205 Å². The molecule has 0 bridgehead atoms. The second kappa shape index (κ2) is 12.9. The van der Waals surface area contributed by atoms with Gasteiger partial charge in [-0.1, -0.05) is 133 Å². The van der Waals surface area contributed by atoms with Gasteiger partial charge in [0.2, 0.25) is 0 Å². The SMILES string of the molecule is c1cc(-c2ccc3oc4ccccc4c3c2)cc(N(c2ccc(-c3ccc4ccccc4c3)cc2)c2cccc(-c3cccc4c3sc3ccccc34)c2)c1. The van der Waals surface area contributed by atoms with Gasteiger partial charge in [0.15, 0.2) is 0 Å². The van der Waals surface area contributed by atoms with Crippen LogP contribution in [-0.4, -0.2) is 0 Å². The van der Waals surface area contributed by atoms with E-state index in [2.05, 4.69) is 193 Å². The van der Waals surface area contributed by atoms with E-state index in [0.29, 0.717) is 0 Å². The van der Waals surface area contributed by atoms with E-state index in [4.69, 9.17) is 4.42 Å². The number of anilines is 3. The quantitative estimate of drug-likeness (QED) is 0.170. The average Bonchev–Trinajstić information content (AvgIpc) is 3.82. The molecule has 0 saturated carbocycles. The van der Waals surface area contributed by atoms with Gasteiger partial charge in [0, 0.05) is 48.0 Å². The topological polar surface area (TPSA) is 16.4 Å². The van der Waals surface area contributed by atoms with Crippen LogP contribution in [0, 0.1) is 0 Å². The molecular formula is C52H33NOS. The lowest BCUT2D eigenvalue weighted by Gasteiger charge is -2.27. The predicted octanol–water partition coefficient (Wildman–Crippen LogP) is 15.6. The minimum atomic E-state index is 0.903. The van der Waals surface area contributed by atoms with Crippen LogP contribution in [-0.2, 0) is 0 Å². The summed E-state index contributed by atoms with van der Waals surface area (Å²) in [5.74, 6) is 0. The minimum Gasteiger partial charge on any atom is -0.456 e. The molecular weight excluding hydrogens is 687 g/mol. The summed E-state index contributed by atoms with van der Waals surface area (Å²) in [6.45, 7) is 0. The second-order valence-electron chi connectivity index (χ2n) is 14.1. The first-order chi connectivity index (χ1) is 27.2. The van der Waals surface area contributed by atoms with Crippen molar-refractivity contribution in [2.24, 2.45) is 0 Å². The van der Waals surface area contributed by atoms with Crippen molar-refractivity contribution in [1.29, 1.82) is 0 Å². The number of thiophene rings is 1. The molecule has 2 aromatic heterocycles. The van der Waals surface area contributed by atoms with E-state index in [9.17, 15) is 0 Å². The van der Waals surface area contributed by atoms with E-state index >= 15 is 0 Å². The number of furan rings is 1. The Morgan fingerprint density at radius 3 is 1.84 bits per heavy atom. The lowest BCUT2D eigenvalue weighted by Crippen LogP contribution is -2.10. The highest BCUT2D eigenvalue weighted by molar-refractivity contribution is 7.26. The van der Waals surface area contributed by atoms with Crippen LogP contribution in [0.25, 0.3) is 86.3 Å². The smallest absolute Gasteiger partial charge is 0.135 e. The van der Waals surface area contributed by atoms with E-state index in [0.717, 1.165) is 50.1 Å². The zero-order chi connectivity index (χ0) is 36.3. The fourth-order valence-corrected chi connectivity index (χ4v) is 9.37. The molecule has 11 rings (SSSR count). The average molecular weight is 720 g/mol. The molecule has 2 heterocycles. The van der Waals surface area contributed by atoms with Crippen LogP contribution in [0.4, 0.5) is 17.1 Å². The van der Waals surface area contributed by atoms with Crippen molar-refractivity contribution in [3.8, 4) is 33.4 Å². The fourth-order valence-electron chi connectivity index (χ4n) is 8.14. The summed E-state index contributed by atoms with van der Waals surface area (Å²) in [5, 5.41) is 7.37. The Balaban J connectivity index is 1.05. The highest BCUT2D eigenvalue weighted by Gasteiger charge is 2.17. The van der Waals surface area contributed by atoms with Crippen LogP contribution in [0.5, 0.6) is 0 Å². The number of nitrogens with zero attached hydrogens (tertiary/aromatic N) is 1. The maximum Gasteiger partial charge on any atom is 0.135 e. The Morgan fingerprint density at radius 1 is 0.345 bits per heavy atom. The van der Waals surface area contributed by atoms with Crippen LogP contribution >= 0.6 is 11.3 Å². The number of hydrogen-bond acceptors (Lipinski definition) is 3. The van der Waals surface area contributed by atoms with Crippen molar-refractivity contribution in [3.63, 3.8) is 0 Å². The third-order valence-electron chi connectivity index (χ3n) is 10.8. The minimum absolute atomic E-state index is 0.903. The monoisotopic (exact) mass is 719 g/mol. The highest BCUT2D eigenvalue weighted by Crippen LogP contribution is 2.43. The van der Waals surface area contributed by atoms with Crippen LogP contribution < -0.4 is 4.90 Å².